The van der Waals surface area contributed by atoms with Gasteiger partial charge in [0.05, 0.1) is 18.7 Å². The molecule has 1 heterocycles. The highest BCUT2D eigenvalue weighted by Crippen LogP contribution is 2.45. The van der Waals surface area contributed by atoms with Crippen LogP contribution in [0.15, 0.2) is 19.9 Å². The molecule has 0 atom stereocenters. The van der Waals surface area contributed by atoms with Gasteiger partial charge in [-0.05, 0) is 50.8 Å². The second-order valence-corrected chi connectivity index (χ2v) is 8.22. The Labute approximate surface area is 141 Å². The van der Waals surface area contributed by atoms with Crippen molar-refractivity contribution in [2.24, 2.45) is 0 Å². The maximum atomic E-state index is 12.9. The molecule has 0 spiro atoms. The molecule has 1 aromatic rings. The molecule has 0 bridgehead atoms. The average Bonchev–Trinajstić information content (AvgIpc) is 2.49. The fraction of sp³-hybridized carbons (Fsp3) is 0.538. The van der Waals surface area contributed by atoms with E-state index in [1.807, 2.05) is 0 Å². The van der Waals surface area contributed by atoms with Gasteiger partial charge in [-0.2, -0.15) is 4.31 Å². The minimum absolute atomic E-state index is 0.109. The molecule has 0 amide bonds. The molecule has 1 aromatic carbocycles. The summed E-state index contributed by atoms with van der Waals surface area (Å²) in [4.78, 5) is 0.109. The summed E-state index contributed by atoms with van der Waals surface area (Å²) in [6.07, 6.45) is 2.82. The van der Waals surface area contributed by atoms with Crippen molar-refractivity contribution in [2.45, 2.75) is 24.2 Å². The Morgan fingerprint density at radius 2 is 1.71 bits per heavy atom. The summed E-state index contributed by atoms with van der Waals surface area (Å²) >= 11 is 6.70. The Kier molecular flexibility index (Phi) is 5.56. The lowest BCUT2D eigenvalue weighted by Crippen LogP contribution is -2.36. The minimum Gasteiger partial charge on any atom is -0.493 e. The summed E-state index contributed by atoms with van der Waals surface area (Å²) in [7, 11) is -0.720. The van der Waals surface area contributed by atoms with Crippen LogP contribution in [0.5, 0.6) is 11.5 Å². The third-order valence-electron chi connectivity index (χ3n) is 3.43. The Morgan fingerprint density at radius 1 is 1.10 bits per heavy atom. The largest absolute Gasteiger partial charge is 0.493 e. The predicted molar refractivity (Wildman–Crippen MR) is 87.6 cm³/mol. The standard InChI is InChI=1S/C13H17Br2NO4S/c1-19-10-8-9(14)11(15)13(12(10)20-2)21(17,18)16-6-4-3-5-7-16/h8H,3-7H2,1-2H3. The first-order valence-electron chi connectivity index (χ1n) is 6.53. The zero-order valence-corrected chi connectivity index (χ0v) is 15.8. The second kappa shape index (κ2) is 6.85. The van der Waals surface area contributed by atoms with Crippen LogP contribution in [0.4, 0.5) is 0 Å². The van der Waals surface area contributed by atoms with Crippen molar-refractivity contribution in [3.8, 4) is 11.5 Å². The first-order valence-corrected chi connectivity index (χ1v) is 9.56. The van der Waals surface area contributed by atoms with E-state index in [9.17, 15) is 8.42 Å². The van der Waals surface area contributed by atoms with Gasteiger partial charge >= 0.3 is 0 Å². The van der Waals surface area contributed by atoms with Gasteiger partial charge in [0, 0.05) is 17.6 Å². The Hall–Kier alpha value is -0.310. The van der Waals surface area contributed by atoms with Crippen LogP contribution in [0.2, 0.25) is 0 Å². The minimum atomic E-state index is -3.64. The Morgan fingerprint density at radius 3 is 2.24 bits per heavy atom. The molecule has 8 heteroatoms. The normalized spacial score (nSPS) is 16.8. The molecule has 2 rings (SSSR count). The monoisotopic (exact) mass is 441 g/mol. The van der Waals surface area contributed by atoms with Crippen molar-refractivity contribution in [3.63, 3.8) is 0 Å². The first kappa shape index (κ1) is 17.1. The van der Waals surface area contributed by atoms with Crippen LogP contribution < -0.4 is 9.47 Å². The molecule has 5 nitrogen and oxygen atoms in total. The van der Waals surface area contributed by atoms with Crippen LogP contribution in [0.1, 0.15) is 19.3 Å². The molecular weight excluding hydrogens is 426 g/mol. The van der Waals surface area contributed by atoms with Gasteiger partial charge in [-0.25, -0.2) is 8.42 Å². The van der Waals surface area contributed by atoms with E-state index in [0.717, 1.165) is 19.3 Å². The van der Waals surface area contributed by atoms with Crippen molar-refractivity contribution in [1.82, 2.24) is 4.31 Å². The molecule has 0 saturated carbocycles. The molecule has 0 aliphatic carbocycles. The van der Waals surface area contributed by atoms with E-state index >= 15 is 0 Å². The number of nitrogens with zero attached hydrogens (tertiary/aromatic N) is 1. The van der Waals surface area contributed by atoms with E-state index in [0.29, 0.717) is 27.8 Å². The summed E-state index contributed by atoms with van der Waals surface area (Å²) in [6.45, 7) is 1.07. The highest BCUT2D eigenvalue weighted by atomic mass is 79.9. The summed E-state index contributed by atoms with van der Waals surface area (Å²) < 4.78 is 39.0. The fourth-order valence-electron chi connectivity index (χ4n) is 2.37. The van der Waals surface area contributed by atoms with Gasteiger partial charge in [0.15, 0.2) is 11.5 Å². The molecule has 118 valence electrons. The van der Waals surface area contributed by atoms with Crippen molar-refractivity contribution in [2.75, 3.05) is 27.3 Å². The van der Waals surface area contributed by atoms with E-state index in [-0.39, 0.29) is 10.6 Å². The number of halogens is 2. The number of benzene rings is 1. The second-order valence-electron chi connectivity index (χ2n) is 4.70. The average molecular weight is 443 g/mol. The van der Waals surface area contributed by atoms with Crippen LogP contribution in [0.3, 0.4) is 0 Å². The highest BCUT2D eigenvalue weighted by Gasteiger charge is 2.33. The summed E-state index contributed by atoms with van der Waals surface area (Å²) in [5, 5.41) is 0. The van der Waals surface area contributed by atoms with Gasteiger partial charge in [0.2, 0.25) is 10.0 Å². The van der Waals surface area contributed by atoms with Crippen molar-refractivity contribution >= 4 is 41.9 Å². The number of methoxy groups -OCH3 is 2. The van der Waals surface area contributed by atoms with Gasteiger partial charge in [-0.3, -0.25) is 0 Å². The van der Waals surface area contributed by atoms with Crippen LogP contribution in [0.25, 0.3) is 0 Å². The zero-order valence-electron chi connectivity index (χ0n) is 11.9. The van der Waals surface area contributed by atoms with Crippen molar-refractivity contribution in [3.05, 3.63) is 15.0 Å². The van der Waals surface area contributed by atoms with Crippen LogP contribution in [0, 0.1) is 0 Å². The van der Waals surface area contributed by atoms with Gasteiger partial charge in [0.1, 0.15) is 4.90 Å². The smallest absolute Gasteiger partial charge is 0.248 e. The van der Waals surface area contributed by atoms with E-state index in [1.165, 1.54) is 18.5 Å². The van der Waals surface area contributed by atoms with Gasteiger partial charge in [-0.15, -0.1) is 0 Å². The lowest BCUT2D eigenvalue weighted by atomic mass is 10.2. The number of sulfonamides is 1. The topological polar surface area (TPSA) is 55.8 Å². The van der Waals surface area contributed by atoms with Crippen molar-refractivity contribution in [1.29, 1.82) is 0 Å². The molecule has 0 N–H and O–H groups in total. The number of piperidine rings is 1. The first-order chi connectivity index (χ1) is 9.93. The maximum absolute atomic E-state index is 12.9. The van der Waals surface area contributed by atoms with E-state index in [1.54, 1.807) is 6.07 Å². The van der Waals surface area contributed by atoms with Gasteiger partial charge in [0.25, 0.3) is 0 Å². The van der Waals surface area contributed by atoms with E-state index in [2.05, 4.69) is 31.9 Å². The Balaban J connectivity index is 2.63. The van der Waals surface area contributed by atoms with Crippen molar-refractivity contribution < 1.29 is 17.9 Å². The third kappa shape index (κ3) is 3.23. The molecule has 1 saturated heterocycles. The predicted octanol–water partition coefficient (Wildman–Crippen LogP) is 3.40. The Bertz CT molecular complexity index is 628. The van der Waals surface area contributed by atoms with Crippen LogP contribution in [-0.2, 0) is 10.0 Å². The molecule has 1 fully saturated rings. The number of hydrogen-bond acceptors (Lipinski definition) is 4. The number of rotatable bonds is 4. The molecule has 21 heavy (non-hydrogen) atoms. The fourth-order valence-corrected chi connectivity index (χ4v) is 5.57. The van der Waals surface area contributed by atoms with Gasteiger partial charge in [-0.1, -0.05) is 6.42 Å². The van der Waals surface area contributed by atoms with Crippen LogP contribution >= 0.6 is 31.9 Å². The maximum Gasteiger partial charge on any atom is 0.248 e. The summed E-state index contributed by atoms with van der Waals surface area (Å²) in [5.41, 5.74) is 0. The quantitative estimate of drug-likeness (QED) is 0.716. The zero-order chi connectivity index (χ0) is 15.6. The van der Waals surface area contributed by atoms with E-state index in [4.69, 9.17) is 9.47 Å². The highest BCUT2D eigenvalue weighted by molar-refractivity contribution is 9.13. The lowest BCUT2D eigenvalue weighted by molar-refractivity contribution is 0.332. The molecule has 0 radical (unpaired) electrons. The number of ether oxygens (including phenoxy) is 2. The third-order valence-corrected chi connectivity index (χ3v) is 7.63. The summed E-state index contributed by atoms with van der Waals surface area (Å²) in [5.74, 6) is 0.598. The number of hydrogen-bond donors (Lipinski definition) is 0. The van der Waals surface area contributed by atoms with Crippen LogP contribution in [-0.4, -0.2) is 40.0 Å². The molecule has 0 unspecified atom stereocenters. The molecule has 1 aliphatic heterocycles. The van der Waals surface area contributed by atoms with E-state index < -0.39 is 10.0 Å². The molecule has 0 aromatic heterocycles. The van der Waals surface area contributed by atoms with Gasteiger partial charge < -0.3 is 9.47 Å². The lowest BCUT2D eigenvalue weighted by Gasteiger charge is -2.27. The summed E-state index contributed by atoms with van der Waals surface area (Å²) in [6, 6.07) is 1.68. The molecule has 1 aliphatic rings. The molecular formula is C13H17Br2NO4S. The SMILES string of the molecule is COc1cc(Br)c(Br)c(S(=O)(=O)N2CCCCC2)c1OC.